The summed E-state index contributed by atoms with van der Waals surface area (Å²) in [6.07, 6.45) is 0.485. The fraction of sp³-hybridized carbons (Fsp3) is 0.500. The van der Waals surface area contributed by atoms with E-state index < -0.39 is 30.5 Å². The number of aliphatic hydroxyl groups excluding tert-OH is 1. The van der Waals surface area contributed by atoms with Gasteiger partial charge in [0.1, 0.15) is 12.8 Å². The van der Waals surface area contributed by atoms with Crippen LogP contribution in [0.5, 0.6) is 0 Å². The Balaban J connectivity index is 2.06. The number of aliphatic hydroxyl groups is 1. The minimum absolute atomic E-state index is 0.00426. The van der Waals surface area contributed by atoms with E-state index in [4.69, 9.17) is 4.74 Å². The van der Waals surface area contributed by atoms with Crippen molar-refractivity contribution in [3.63, 3.8) is 0 Å². The zero-order valence-corrected chi connectivity index (χ0v) is 16.8. The minimum atomic E-state index is -4.57. The number of alkyl halides is 3. The lowest BCUT2D eigenvalue weighted by Crippen LogP contribution is -2.45. The Kier molecular flexibility index (Phi) is 6.69. The highest BCUT2D eigenvalue weighted by Crippen LogP contribution is 2.47. The number of halogens is 3. The topological polar surface area (TPSA) is 53.0 Å². The van der Waals surface area contributed by atoms with Crippen molar-refractivity contribution in [1.82, 2.24) is 4.90 Å². The standard InChI is InChI=1S/C22H27F3N2O3/c1-3-10-21(30-13-4-2)17-14-16(19(28)26-11-6-5-7-12-26)8-9-18(17)27(20(21)29)15-22(23,24)25/h3-4,8-9,14,19,28H,1-2,5-7,10-13,15H2. The lowest BCUT2D eigenvalue weighted by molar-refractivity contribution is -0.148. The summed E-state index contributed by atoms with van der Waals surface area (Å²) in [5, 5.41) is 10.8. The number of hydrogen-bond acceptors (Lipinski definition) is 4. The van der Waals surface area contributed by atoms with Crippen LogP contribution in [-0.2, 0) is 15.1 Å². The van der Waals surface area contributed by atoms with E-state index in [-0.39, 0.29) is 18.7 Å². The molecule has 1 N–H and O–H groups in total. The second-order valence-electron chi connectivity index (χ2n) is 7.67. The van der Waals surface area contributed by atoms with Gasteiger partial charge in [0.2, 0.25) is 0 Å². The first-order chi connectivity index (χ1) is 14.2. The van der Waals surface area contributed by atoms with Crippen LogP contribution in [0, 0.1) is 0 Å². The highest BCUT2D eigenvalue weighted by Gasteiger charge is 2.53. The molecular weight excluding hydrogens is 397 g/mol. The van der Waals surface area contributed by atoms with Gasteiger partial charge in [0.15, 0.2) is 5.60 Å². The molecule has 30 heavy (non-hydrogen) atoms. The average Bonchev–Trinajstić information content (AvgIpc) is 2.94. The Hall–Kier alpha value is -2.16. The zero-order valence-electron chi connectivity index (χ0n) is 16.8. The number of ether oxygens (including phenoxy) is 1. The van der Waals surface area contributed by atoms with Crippen LogP contribution in [0.15, 0.2) is 43.5 Å². The maximum Gasteiger partial charge on any atom is 0.406 e. The number of rotatable bonds is 8. The second-order valence-corrected chi connectivity index (χ2v) is 7.67. The SMILES string of the molecule is C=CCOC1(CC=C)C(=O)N(CC(F)(F)F)c2ccc(C(O)N3CCCCC3)cc21. The fourth-order valence-electron chi connectivity index (χ4n) is 4.23. The van der Waals surface area contributed by atoms with E-state index in [2.05, 4.69) is 13.2 Å². The Morgan fingerprint density at radius 1 is 1.20 bits per heavy atom. The van der Waals surface area contributed by atoms with Gasteiger partial charge in [0, 0.05) is 25.1 Å². The Bertz CT molecular complexity index is 805. The largest absolute Gasteiger partial charge is 0.406 e. The van der Waals surface area contributed by atoms with E-state index in [1.54, 1.807) is 12.1 Å². The number of benzene rings is 1. The molecule has 2 unspecified atom stereocenters. The van der Waals surface area contributed by atoms with Crippen LogP contribution in [0.2, 0.25) is 0 Å². The average molecular weight is 424 g/mol. The number of fused-ring (bicyclic) bond motifs is 1. The molecule has 0 aliphatic carbocycles. The number of piperidine rings is 1. The van der Waals surface area contributed by atoms with Gasteiger partial charge in [0.25, 0.3) is 5.91 Å². The van der Waals surface area contributed by atoms with Crippen molar-refractivity contribution >= 4 is 11.6 Å². The molecule has 0 aromatic heterocycles. The maximum atomic E-state index is 13.2. The summed E-state index contributed by atoms with van der Waals surface area (Å²) in [6, 6.07) is 4.63. The molecule has 2 heterocycles. The Labute approximate surface area is 174 Å². The number of nitrogens with zero attached hydrogens (tertiary/aromatic N) is 2. The molecule has 0 spiro atoms. The third-order valence-electron chi connectivity index (χ3n) is 5.59. The highest BCUT2D eigenvalue weighted by molar-refractivity contribution is 6.07. The Morgan fingerprint density at radius 3 is 2.50 bits per heavy atom. The van der Waals surface area contributed by atoms with Crippen molar-refractivity contribution in [2.24, 2.45) is 0 Å². The molecule has 1 aromatic rings. The summed E-state index contributed by atoms with van der Waals surface area (Å²) >= 11 is 0. The maximum absolute atomic E-state index is 13.2. The van der Waals surface area contributed by atoms with Crippen LogP contribution >= 0.6 is 0 Å². The van der Waals surface area contributed by atoms with Gasteiger partial charge < -0.3 is 14.7 Å². The third kappa shape index (κ3) is 4.31. The minimum Gasteiger partial charge on any atom is -0.374 e. The smallest absolute Gasteiger partial charge is 0.374 e. The lowest BCUT2D eigenvalue weighted by atomic mass is 9.89. The molecule has 2 atom stereocenters. The third-order valence-corrected chi connectivity index (χ3v) is 5.59. The molecular formula is C22H27F3N2O3. The van der Waals surface area contributed by atoms with Crippen LogP contribution in [0.1, 0.15) is 43.0 Å². The molecule has 5 nitrogen and oxygen atoms in total. The van der Waals surface area contributed by atoms with Crippen molar-refractivity contribution < 1.29 is 27.8 Å². The molecule has 0 radical (unpaired) electrons. The van der Waals surface area contributed by atoms with Gasteiger partial charge in [-0.2, -0.15) is 13.2 Å². The zero-order chi connectivity index (χ0) is 21.9. The van der Waals surface area contributed by atoms with E-state index in [0.717, 1.165) is 32.4 Å². The van der Waals surface area contributed by atoms with Crippen LogP contribution in [0.25, 0.3) is 0 Å². The first-order valence-corrected chi connectivity index (χ1v) is 10.0. The van der Waals surface area contributed by atoms with Crippen LogP contribution in [-0.4, -0.2) is 48.3 Å². The van der Waals surface area contributed by atoms with Gasteiger partial charge >= 0.3 is 6.18 Å². The van der Waals surface area contributed by atoms with E-state index in [1.165, 1.54) is 18.2 Å². The monoisotopic (exact) mass is 424 g/mol. The molecule has 1 aromatic carbocycles. The van der Waals surface area contributed by atoms with E-state index in [1.807, 2.05) is 4.90 Å². The van der Waals surface area contributed by atoms with Gasteiger partial charge in [0.05, 0.1) is 12.3 Å². The summed E-state index contributed by atoms with van der Waals surface area (Å²) in [5.74, 6) is -0.791. The normalized spacial score (nSPS) is 23.3. The molecule has 2 aliphatic heterocycles. The Morgan fingerprint density at radius 2 is 1.90 bits per heavy atom. The summed E-state index contributed by atoms with van der Waals surface area (Å²) < 4.78 is 45.4. The first-order valence-electron chi connectivity index (χ1n) is 10.0. The van der Waals surface area contributed by atoms with Crippen LogP contribution in [0.3, 0.4) is 0 Å². The molecule has 1 fully saturated rings. The van der Waals surface area contributed by atoms with E-state index >= 15 is 0 Å². The van der Waals surface area contributed by atoms with Gasteiger partial charge in [-0.05, 0) is 30.5 Å². The van der Waals surface area contributed by atoms with Gasteiger partial charge in [-0.15, -0.1) is 13.2 Å². The summed E-state index contributed by atoms with van der Waals surface area (Å²) in [6.45, 7) is 7.28. The number of amides is 1. The van der Waals surface area contributed by atoms with Crippen molar-refractivity contribution in [2.75, 3.05) is 31.1 Å². The molecule has 1 amide bonds. The number of carbonyl (C=O) groups excluding carboxylic acids is 1. The van der Waals surface area contributed by atoms with Gasteiger partial charge in [-0.3, -0.25) is 9.69 Å². The predicted molar refractivity (Wildman–Crippen MR) is 108 cm³/mol. The van der Waals surface area contributed by atoms with Crippen molar-refractivity contribution in [3.8, 4) is 0 Å². The van der Waals surface area contributed by atoms with Crippen molar-refractivity contribution in [1.29, 1.82) is 0 Å². The quantitative estimate of drug-likeness (QED) is 0.640. The molecule has 8 heteroatoms. The fourth-order valence-corrected chi connectivity index (χ4v) is 4.23. The van der Waals surface area contributed by atoms with Crippen molar-refractivity contribution in [2.45, 2.75) is 43.7 Å². The lowest BCUT2D eigenvalue weighted by Gasteiger charge is -2.32. The first kappa shape index (κ1) is 22.5. The number of hydrogen-bond donors (Lipinski definition) is 1. The highest BCUT2D eigenvalue weighted by atomic mass is 19.4. The number of anilines is 1. The summed E-state index contributed by atoms with van der Waals surface area (Å²) in [7, 11) is 0. The van der Waals surface area contributed by atoms with E-state index in [0.29, 0.717) is 16.0 Å². The molecule has 164 valence electrons. The number of carbonyl (C=O) groups is 1. The second kappa shape index (κ2) is 8.91. The molecule has 0 bridgehead atoms. The molecule has 3 rings (SSSR count). The molecule has 0 saturated carbocycles. The van der Waals surface area contributed by atoms with Crippen molar-refractivity contribution in [3.05, 3.63) is 54.6 Å². The summed E-state index contributed by atoms with van der Waals surface area (Å²) in [5.41, 5.74) is -0.661. The predicted octanol–water partition coefficient (Wildman–Crippen LogP) is 4.05. The molecule has 1 saturated heterocycles. The number of likely N-dealkylation sites (tertiary alicyclic amines) is 1. The van der Waals surface area contributed by atoms with Crippen LogP contribution in [0.4, 0.5) is 18.9 Å². The van der Waals surface area contributed by atoms with E-state index in [9.17, 15) is 23.1 Å². The van der Waals surface area contributed by atoms with Gasteiger partial charge in [-0.1, -0.05) is 24.6 Å². The molecule has 2 aliphatic rings. The van der Waals surface area contributed by atoms with Crippen LogP contribution < -0.4 is 4.90 Å². The summed E-state index contributed by atoms with van der Waals surface area (Å²) in [4.78, 5) is 15.8. The van der Waals surface area contributed by atoms with Gasteiger partial charge in [-0.25, -0.2) is 0 Å².